The molecule has 0 radical (unpaired) electrons. The van der Waals surface area contributed by atoms with Crippen LogP contribution in [0.1, 0.15) is 49.9 Å². The number of methoxy groups -OCH3 is 1. The second-order valence-corrected chi connectivity index (χ2v) is 28.5. The number of nitrogens with zero attached hydrogens (tertiary/aromatic N) is 8. The molecule has 2 amide bonds. The fraction of sp³-hybridized carbons (Fsp3) is 0.354. The van der Waals surface area contributed by atoms with E-state index in [0.717, 1.165) is 23.0 Å². The SMILES string of the molecule is C=CCOC(=O)Nc1ncnc2c1ncn2[C@@H]1O[C@H](COP(OCC=C)O[C@H]2[C@@H](O[Si](C)(C)C(C)(C)C)[C@H](n3cnc4c(NC(=O)OCC=C)ncnc43)O[C@@H]2COC(c2ccccc2)(c2ccccc2)c2ccc(OC)cc2)[C@@H](OC(=O)OCC=C)[C@H]1OC(=O)OCC=C. The smallest absolute Gasteiger partial charge is 0.497 e. The van der Waals surface area contributed by atoms with Crippen LogP contribution in [-0.4, -0.2) is 162 Å². The molecule has 28 nitrogen and oxygen atoms in total. The molecule has 2 fully saturated rings. The second-order valence-electron chi connectivity index (χ2n) is 22.6. The van der Waals surface area contributed by atoms with E-state index in [1.54, 1.807) is 11.7 Å². The number of carbonyl (C=O) groups excluding carboxylic acids is 4. The third kappa shape index (κ3) is 16.4. The highest BCUT2D eigenvalue weighted by molar-refractivity contribution is 7.41. The van der Waals surface area contributed by atoms with Gasteiger partial charge in [0.2, 0.25) is 0 Å². The molecule has 3 aromatic carbocycles. The van der Waals surface area contributed by atoms with Gasteiger partial charge in [-0.3, -0.25) is 19.8 Å². The minimum absolute atomic E-state index is 0.0477. The molecule has 2 saturated heterocycles. The quantitative estimate of drug-likeness (QED) is 0.0102. The number of anilines is 2. The monoisotopic (exact) mass is 1340 g/mol. The minimum atomic E-state index is -2.93. The number of benzene rings is 3. The Hall–Kier alpha value is -9.29. The highest BCUT2D eigenvalue weighted by atomic mass is 31.2. The van der Waals surface area contributed by atoms with E-state index in [9.17, 15) is 19.2 Å². The molecule has 0 spiro atoms. The lowest BCUT2D eigenvalue weighted by Crippen LogP contribution is -2.49. The van der Waals surface area contributed by atoms with E-state index in [2.05, 4.69) is 102 Å². The first-order valence-electron chi connectivity index (χ1n) is 29.9. The van der Waals surface area contributed by atoms with Crippen molar-refractivity contribution in [3.05, 3.63) is 190 Å². The molecule has 0 saturated carbocycles. The number of ether oxygens (including phenoxy) is 10. The summed E-state index contributed by atoms with van der Waals surface area (Å²) in [5.41, 5.74) is 1.52. The van der Waals surface area contributed by atoms with Crippen LogP contribution in [0.4, 0.5) is 30.8 Å². The lowest BCUT2D eigenvalue weighted by molar-refractivity contribution is -0.0937. The first-order valence-corrected chi connectivity index (χ1v) is 33.9. The molecule has 2 aliphatic heterocycles. The van der Waals surface area contributed by atoms with Gasteiger partial charge < -0.3 is 65.4 Å². The number of aromatic nitrogens is 8. The number of carbonyl (C=O) groups is 4. The van der Waals surface area contributed by atoms with Gasteiger partial charge >= 0.3 is 33.1 Å². The van der Waals surface area contributed by atoms with Gasteiger partial charge in [-0.25, -0.2) is 49.1 Å². The number of imidazole rings is 2. The van der Waals surface area contributed by atoms with E-state index >= 15 is 0 Å². The molecule has 2 N–H and O–H groups in total. The number of hydrogen-bond donors (Lipinski definition) is 2. The Morgan fingerprint density at radius 1 is 0.568 bits per heavy atom. The summed E-state index contributed by atoms with van der Waals surface area (Å²) in [5.74, 6) is 0.621. The third-order valence-corrected chi connectivity index (χ3v) is 21.1. The van der Waals surface area contributed by atoms with Crippen molar-refractivity contribution >= 4 is 75.4 Å². The molecule has 502 valence electrons. The zero-order chi connectivity index (χ0) is 67.7. The molecule has 30 heteroatoms. The van der Waals surface area contributed by atoms with Crippen molar-refractivity contribution in [1.29, 1.82) is 0 Å². The van der Waals surface area contributed by atoms with Crippen LogP contribution in [0.5, 0.6) is 5.75 Å². The Balaban J connectivity index is 1.15. The van der Waals surface area contributed by atoms with Gasteiger partial charge in [-0.1, -0.05) is 150 Å². The van der Waals surface area contributed by atoms with Gasteiger partial charge in [-0.2, -0.15) is 0 Å². The van der Waals surface area contributed by atoms with Crippen LogP contribution in [0.25, 0.3) is 22.3 Å². The first-order chi connectivity index (χ1) is 45.9. The molecule has 9 atom stereocenters. The maximum atomic E-state index is 13.6. The lowest BCUT2D eigenvalue weighted by Gasteiger charge is -2.41. The lowest BCUT2D eigenvalue weighted by atomic mass is 9.80. The van der Waals surface area contributed by atoms with Crippen LogP contribution in [0, 0.1) is 0 Å². The van der Waals surface area contributed by atoms with E-state index in [-0.39, 0.29) is 73.6 Å². The number of rotatable bonds is 31. The molecular formula is C65H75N10O18PSi. The summed E-state index contributed by atoms with van der Waals surface area (Å²) in [6.45, 7) is 27.2. The summed E-state index contributed by atoms with van der Waals surface area (Å²) in [4.78, 5) is 79.7. The number of nitrogens with one attached hydrogen (secondary N) is 2. The van der Waals surface area contributed by atoms with E-state index in [4.69, 9.17) is 70.3 Å². The summed E-state index contributed by atoms with van der Waals surface area (Å²) >= 11 is 0. The first kappa shape index (κ1) is 70.0. The molecule has 6 heterocycles. The van der Waals surface area contributed by atoms with Crippen molar-refractivity contribution in [1.82, 2.24) is 39.0 Å². The van der Waals surface area contributed by atoms with Crippen LogP contribution in [0.15, 0.2) is 174 Å². The molecule has 95 heavy (non-hydrogen) atoms. The van der Waals surface area contributed by atoms with Crippen molar-refractivity contribution in [2.45, 2.75) is 93.6 Å². The topological polar surface area (TPSA) is 309 Å². The largest absolute Gasteiger partial charge is 0.509 e. The van der Waals surface area contributed by atoms with Gasteiger partial charge in [0.1, 0.15) is 74.8 Å². The zero-order valence-corrected chi connectivity index (χ0v) is 55.2. The summed E-state index contributed by atoms with van der Waals surface area (Å²) < 4.78 is 91.1. The van der Waals surface area contributed by atoms with Crippen molar-refractivity contribution in [2.24, 2.45) is 0 Å². The Morgan fingerprint density at radius 3 is 1.52 bits per heavy atom. The Kier molecular flexibility index (Phi) is 23.8. The maximum Gasteiger partial charge on any atom is 0.509 e. The molecular weight excluding hydrogens is 1270 g/mol. The molecule has 9 rings (SSSR count). The molecule has 4 aromatic heterocycles. The standard InChI is InChI=1S/C65H75N10O18PSi/c1-12-31-81-60(76)72-54-48-56(68-38-66-54)74(40-70-48)58-52(91-63(79)84-34-15-4)50(90-62(78)83-33-14-3)47(89-58)37-87-94(86-35-16-5)92-51-46(36-85-65(42-23-19-17-20-24-42,43-25-21-18-22-26-43)44-27-29-45(80-9)30-28-44)88-59(53(51)93-95(10,11)64(6,7)8)75-41-71-49-55(67-39-69-57(49)75)73-61(77)82-32-13-2/h12-30,38-41,46-47,50-53,58-59H,1-5,31-37H2,6-11H3,(H,66,68,72,76)(H,67,69,73,77)/t46-,47-,50-,51-,52-,53-,58-,59-,94?/m1/s1. The third-order valence-electron chi connectivity index (χ3n) is 15.5. The van der Waals surface area contributed by atoms with Crippen LogP contribution in [0.3, 0.4) is 0 Å². The predicted molar refractivity (Wildman–Crippen MR) is 349 cm³/mol. The highest BCUT2D eigenvalue weighted by Crippen LogP contribution is 2.51. The fourth-order valence-electron chi connectivity index (χ4n) is 10.1. The van der Waals surface area contributed by atoms with Crippen LogP contribution >= 0.6 is 8.60 Å². The average Bonchev–Trinajstić information content (AvgIpc) is 1.75. The van der Waals surface area contributed by atoms with Gasteiger partial charge in [0.15, 0.2) is 66.9 Å². The second kappa shape index (κ2) is 32.2. The van der Waals surface area contributed by atoms with Gasteiger partial charge in [0.25, 0.3) is 0 Å². The summed E-state index contributed by atoms with van der Waals surface area (Å²) in [5, 5.41) is 4.77. The normalized spacial score (nSPS) is 19.8. The van der Waals surface area contributed by atoms with Crippen LogP contribution in [0.2, 0.25) is 18.1 Å². The Morgan fingerprint density at radius 2 is 1.03 bits per heavy atom. The van der Waals surface area contributed by atoms with Crippen molar-refractivity contribution < 1.29 is 84.5 Å². The predicted octanol–water partition coefficient (Wildman–Crippen LogP) is 11.6. The van der Waals surface area contributed by atoms with E-state index < -0.39 is 108 Å². The van der Waals surface area contributed by atoms with Crippen molar-refractivity contribution in [3.63, 3.8) is 0 Å². The summed E-state index contributed by atoms with van der Waals surface area (Å²) in [6.07, 6.45) is -2.30. The van der Waals surface area contributed by atoms with Crippen molar-refractivity contribution in [2.75, 3.05) is 64.0 Å². The molecule has 1 unspecified atom stereocenters. The van der Waals surface area contributed by atoms with Crippen LogP contribution < -0.4 is 15.4 Å². The number of hydrogen-bond acceptors (Lipinski definition) is 24. The van der Waals surface area contributed by atoms with Gasteiger partial charge in [0.05, 0.1) is 39.6 Å². The molecule has 2 aliphatic rings. The molecule has 7 aromatic rings. The fourth-order valence-corrected chi connectivity index (χ4v) is 12.5. The summed E-state index contributed by atoms with van der Waals surface area (Å²) in [6, 6.07) is 27.1. The number of amides is 2. The van der Waals surface area contributed by atoms with E-state index in [1.807, 2.05) is 84.9 Å². The minimum Gasteiger partial charge on any atom is -0.497 e. The molecule has 0 bridgehead atoms. The van der Waals surface area contributed by atoms with E-state index in [1.165, 1.54) is 53.9 Å². The molecule has 0 aliphatic carbocycles. The van der Waals surface area contributed by atoms with Crippen molar-refractivity contribution in [3.8, 4) is 5.75 Å². The Bertz CT molecular complexity index is 3760. The van der Waals surface area contributed by atoms with E-state index in [0.29, 0.717) is 5.75 Å². The van der Waals surface area contributed by atoms with Gasteiger partial charge in [0, 0.05) is 0 Å². The number of fused-ring (bicyclic) bond motifs is 2. The Labute approximate surface area is 550 Å². The summed E-state index contributed by atoms with van der Waals surface area (Å²) in [7, 11) is -3.96. The maximum absolute atomic E-state index is 13.6. The van der Waals surface area contributed by atoms with Crippen LogP contribution in [-0.2, 0) is 66.2 Å². The van der Waals surface area contributed by atoms with Gasteiger partial charge in [-0.05, 0) is 47.0 Å². The average molecular weight is 1340 g/mol. The highest BCUT2D eigenvalue weighted by Gasteiger charge is 2.56. The zero-order valence-electron chi connectivity index (χ0n) is 53.3. The van der Waals surface area contributed by atoms with Gasteiger partial charge in [-0.15, -0.1) is 6.58 Å².